The summed E-state index contributed by atoms with van der Waals surface area (Å²) < 4.78 is 4.91. The molecule has 5 nitrogen and oxygen atoms in total. The maximum Gasteiger partial charge on any atom is 0.349 e. The summed E-state index contributed by atoms with van der Waals surface area (Å²) in [4.78, 5) is 19.7. The molecule has 22 heavy (non-hydrogen) atoms. The fourth-order valence-corrected chi connectivity index (χ4v) is 2.66. The molecule has 1 aliphatic rings. The van der Waals surface area contributed by atoms with Gasteiger partial charge in [-0.05, 0) is 12.1 Å². The van der Waals surface area contributed by atoms with Crippen molar-refractivity contribution in [3.63, 3.8) is 0 Å². The molecule has 0 aromatic heterocycles. The van der Waals surface area contributed by atoms with E-state index in [1.807, 2.05) is 30.3 Å². The van der Waals surface area contributed by atoms with E-state index in [1.54, 1.807) is 4.90 Å². The molecule has 1 heterocycles. The van der Waals surface area contributed by atoms with E-state index in [0.29, 0.717) is 6.54 Å². The average molecular weight is 318 g/mol. The van der Waals surface area contributed by atoms with E-state index < -0.39 is 8.07 Å². The highest BCUT2D eigenvalue weighted by Crippen LogP contribution is 2.23. The highest BCUT2D eigenvalue weighted by atomic mass is 28.3. The molecule has 1 aromatic rings. The van der Waals surface area contributed by atoms with Gasteiger partial charge in [-0.25, -0.2) is 9.63 Å². The Bertz CT molecular complexity index is 575. The largest absolute Gasteiger partial charge is 0.356 e. The van der Waals surface area contributed by atoms with E-state index in [2.05, 4.69) is 31.1 Å². The van der Waals surface area contributed by atoms with Gasteiger partial charge in [0.05, 0.1) is 6.54 Å². The molecule has 1 aromatic carbocycles. The molecule has 1 atom stereocenters. The zero-order valence-corrected chi connectivity index (χ0v) is 14.5. The molecule has 1 unspecified atom stereocenters. The SMILES string of the molecule is COCON1C(=O)N(c2ccccc2)CC1C#C[Si](C)(C)C. The minimum absolute atomic E-state index is 0.0273. The summed E-state index contributed by atoms with van der Waals surface area (Å²) in [6.07, 6.45) is 0. The number of urea groups is 1. The highest BCUT2D eigenvalue weighted by Gasteiger charge is 2.38. The van der Waals surface area contributed by atoms with Gasteiger partial charge < -0.3 is 4.74 Å². The van der Waals surface area contributed by atoms with Crippen LogP contribution >= 0.6 is 0 Å². The third-order valence-corrected chi connectivity index (χ3v) is 3.94. The standard InChI is InChI=1S/C16H22N2O3Si/c1-20-13-21-18-15(10-11-22(2,3)4)12-17(16(18)19)14-8-6-5-7-9-14/h5-9,15H,12-13H2,1-4H3. The summed E-state index contributed by atoms with van der Waals surface area (Å²) in [5.41, 5.74) is 4.15. The molecule has 0 radical (unpaired) electrons. The number of para-hydroxylation sites is 1. The lowest BCUT2D eigenvalue weighted by atomic mass is 10.3. The second-order valence-corrected chi connectivity index (χ2v) is 10.9. The molecule has 0 spiro atoms. The van der Waals surface area contributed by atoms with E-state index >= 15 is 0 Å². The van der Waals surface area contributed by atoms with Crippen LogP contribution in [0.5, 0.6) is 0 Å². The van der Waals surface area contributed by atoms with E-state index in [0.717, 1.165) is 5.69 Å². The van der Waals surface area contributed by atoms with Crippen LogP contribution in [0.3, 0.4) is 0 Å². The van der Waals surface area contributed by atoms with Gasteiger partial charge in [0.25, 0.3) is 0 Å². The fourth-order valence-electron chi connectivity index (χ4n) is 2.06. The number of hydroxylamine groups is 2. The van der Waals surface area contributed by atoms with E-state index in [9.17, 15) is 4.79 Å². The molecule has 0 bridgehead atoms. The molecule has 2 amide bonds. The molecule has 1 fully saturated rings. The lowest BCUT2D eigenvalue weighted by Gasteiger charge is -2.19. The van der Waals surface area contributed by atoms with Crippen molar-refractivity contribution in [3.05, 3.63) is 30.3 Å². The number of anilines is 1. The van der Waals surface area contributed by atoms with Gasteiger partial charge in [0.15, 0.2) is 6.79 Å². The van der Waals surface area contributed by atoms with Crippen molar-refractivity contribution in [1.82, 2.24) is 5.06 Å². The molecule has 2 rings (SSSR count). The normalized spacial score (nSPS) is 18.4. The zero-order valence-electron chi connectivity index (χ0n) is 13.5. The monoisotopic (exact) mass is 318 g/mol. The smallest absolute Gasteiger partial charge is 0.349 e. The Morgan fingerprint density at radius 2 is 1.95 bits per heavy atom. The van der Waals surface area contributed by atoms with Crippen LogP contribution in [0, 0.1) is 11.5 Å². The van der Waals surface area contributed by atoms with E-state index in [4.69, 9.17) is 9.57 Å². The Labute approximate surface area is 132 Å². The number of benzene rings is 1. The molecule has 118 valence electrons. The number of hydrogen-bond acceptors (Lipinski definition) is 3. The van der Waals surface area contributed by atoms with Crippen molar-refractivity contribution in [2.24, 2.45) is 0 Å². The number of methoxy groups -OCH3 is 1. The molecule has 0 saturated carbocycles. The Balaban J connectivity index is 2.23. The van der Waals surface area contributed by atoms with Crippen molar-refractivity contribution in [3.8, 4) is 11.5 Å². The van der Waals surface area contributed by atoms with Crippen molar-refractivity contribution in [1.29, 1.82) is 0 Å². The maximum atomic E-state index is 12.6. The quantitative estimate of drug-likeness (QED) is 0.487. The third kappa shape index (κ3) is 4.10. The third-order valence-electron chi connectivity index (χ3n) is 3.05. The van der Waals surface area contributed by atoms with Crippen molar-refractivity contribution >= 4 is 19.8 Å². The summed E-state index contributed by atoms with van der Waals surface area (Å²) in [6.45, 7) is 7.04. The van der Waals surface area contributed by atoms with Gasteiger partial charge in [-0.2, -0.15) is 5.06 Å². The average Bonchev–Trinajstić information content (AvgIpc) is 2.79. The first-order valence-electron chi connectivity index (χ1n) is 7.23. The van der Waals surface area contributed by atoms with Crippen LogP contribution in [-0.2, 0) is 9.57 Å². The van der Waals surface area contributed by atoms with Crippen LogP contribution in [0.4, 0.5) is 10.5 Å². The van der Waals surface area contributed by atoms with Crippen LogP contribution in [0.15, 0.2) is 30.3 Å². The molecule has 6 heteroatoms. The Kier molecular flexibility index (Phi) is 5.24. The van der Waals surface area contributed by atoms with Crippen molar-refractivity contribution in [2.45, 2.75) is 25.7 Å². The lowest BCUT2D eigenvalue weighted by molar-refractivity contribution is -0.185. The van der Waals surface area contributed by atoms with Crippen molar-refractivity contribution < 1.29 is 14.4 Å². The van der Waals surface area contributed by atoms with E-state index in [1.165, 1.54) is 12.2 Å². The first kappa shape index (κ1) is 16.6. The highest BCUT2D eigenvalue weighted by molar-refractivity contribution is 6.83. The predicted octanol–water partition coefficient (Wildman–Crippen LogP) is 2.71. The van der Waals surface area contributed by atoms with Crippen molar-refractivity contribution in [2.75, 3.05) is 25.3 Å². The molecule has 1 saturated heterocycles. The number of rotatable bonds is 4. The second-order valence-electron chi connectivity index (χ2n) is 6.13. The van der Waals surface area contributed by atoms with Crippen LogP contribution in [0.25, 0.3) is 0 Å². The Morgan fingerprint density at radius 1 is 1.27 bits per heavy atom. The zero-order chi connectivity index (χ0) is 16.2. The molecule has 0 N–H and O–H groups in total. The summed E-state index contributed by atoms with van der Waals surface area (Å²) in [7, 11) is 0.0127. The molecular weight excluding hydrogens is 296 g/mol. The Hall–Kier alpha value is -1.81. The minimum Gasteiger partial charge on any atom is -0.356 e. The number of carbonyl (C=O) groups excluding carboxylic acids is 1. The Morgan fingerprint density at radius 3 is 2.55 bits per heavy atom. The summed E-state index contributed by atoms with van der Waals surface area (Å²) in [5, 5.41) is 1.32. The first-order chi connectivity index (χ1) is 10.4. The number of carbonyl (C=O) groups is 1. The van der Waals surface area contributed by atoms with Crippen LogP contribution in [0.2, 0.25) is 19.6 Å². The fraction of sp³-hybridized carbons (Fsp3) is 0.438. The summed E-state index contributed by atoms with van der Waals surface area (Å²) in [5.74, 6) is 3.21. The molecule has 0 aliphatic carbocycles. The van der Waals surface area contributed by atoms with Crippen LogP contribution in [0.1, 0.15) is 0 Å². The summed E-state index contributed by atoms with van der Waals surface area (Å²) >= 11 is 0. The van der Waals surface area contributed by atoms with Gasteiger partial charge in [-0.15, -0.1) is 5.54 Å². The van der Waals surface area contributed by atoms with Gasteiger partial charge in [-0.3, -0.25) is 4.90 Å². The number of amides is 2. The number of hydrogen-bond donors (Lipinski definition) is 0. The van der Waals surface area contributed by atoms with Gasteiger partial charge in [-0.1, -0.05) is 43.8 Å². The topological polar surface area (TPSA) is 42.0 Å². The maximum absolute atomic E-state index is 12.6. The number of ether oxygens (including phenoxy) is 1. The number of nitrogens with zero attached hydrogens (tertiary/aromatic N) is 2. The van der Waals surface area contributed by atoms with Crippen LogP contribution < -0.4 is 4.90 Å². The van der Waals surface area contributed by atoms with E-state index in [-0.39, 0.29) is 18.9 Å². The van der Waals surface area contributed by atoms with Gasteiger partial charge in [0.1, 0.15) is 14.1 Å². The first-order valence-corrected chi connectivity index (χ1v) is 10.7. The van der Waals surface area contributed by atoms with Crippen LogP contribution in [-0.4, -0.2) is 45.7 Å². The summed E-state index contributed by atoms with van der Waals surface area (Å²) in [6, 6.07) is 9.05. The van der Waals surface area contributed by atoms with Gasteiger partial charge in [0.2, 0.25) is 0 Å². The molecule has 1 aliphatic heterocycles. The minimum atomic E-state index is -1.51. The van der Waals surface area contributed by atoms with Gasteiger partial charge in [0, 0.05) is 12.8 Å². The van der Waals surface area contributed by atoms with Gasteiger partial charge >= 0.3 is 6.03 Å². The predicted molar refractivity (Wildman–Crippen MR) is 88.9 cm³/mol. The second kappa shape index (κ2) is 6.96. The molecular formula is C16H22N2O3Si. The lowest BCUT2D eigenvalue weighted by Crippen LogP contribution is -2.35.